The predicted octanol–water partition coefficient (Wildman–Crippen LogP) is 1.52. The van der Waals surface area contributed by atoms with Crippen LogP contribution in [0.4, 0.5) is 0 Å². The number of carbonyl (C=O) groups is 2. The minimum absolute atomic E-state index is 0.172. The number of likely N-dealkylation sites (tertiary alicyclic amines) is 1. The molecule has 0 radical (unpaired) electrons. The average molecular weight is 457 g/mol. The van der Waals surface area contributed by atoms with E-state index in [2.05, 4.69) is 21.7 Å². The van der Waals surface area contributed by atoms with Crippen LogP contribution in [0.15, 0.2) is 30.0 Å². The molecule has 0 saturated carbocycles. The maximum atomic E-state index is 13.6. The molecule has 4 rings (SSSR count). The van der Waals surface area contributed by atoms with Crippen molar-refractivity contribution in [2.45, 2.75) is 25.3 Å². The lowest BCUT2D eigenvalue weighted by Crippen LogP contribution is -2.44. The second-order valence-electron chi connectivity index (χ2n) is 9.17. The number of hydrogen-bond acceptors (Lipinski definition) is 7. The van der Waals surface area contributed by atoms with Gasteiger partial charge in [0.2, 0.25) is 0 Å². The van der Waals surface area contributed by atoms with E-state index in [-0.39, 0.29) is 17.9 Å². The highest BCUT2D eigenvalue weighted by Crippen LogP contribution is 2.34. The molecule has 3 aliphatic rings. The Kier molecular flexibility index (Phi) is 7.67. The van der Waals surface area contributed by atoms with Gasteiger partial charge >= 0.3 is 0 Å². The lowest BCUT2D eigenvalue weighted by Gasteiger charge is -2.36. The van der Waals surface area contributed by atoms with E-state index in [1.54, 1.807) is 7.11 Å². The average Bonchev–Trinajstić information content (AvgIpc) is 3.09. The number of hydrogen-bond donors (Lipinski definition) is 0. The van der Waals surface area contributed by atoms with E-state index in [9.17, 15) is 9.59 Å². The van der Waals surface area contributed by atoms with Gasteiger partial charge in [0.05, 0.1) is 25.9 Å². The summed E-state index contributed by atoms with van der Waals surface area (Å²) in [7, 11) is 5.71. The number of methoxy groups -OCH3 is 1. The van der Waals surface area contributed by atoms with Crippen LogP contribution in [0.3, 0.4) is 0 Å². The standard InChI is InChI=1S/C25H36N4O4/c1-26-13-9-20(10-14-26)27(2)23-22(19-5-7-21(32-3)8-6-19)24(30)29(25(23)31)12-4-11-28-15-17-33-18-16-28/h5-8,20H,4,9-18H2,1-3H3. The zero-order valence-corrected chi connectivity index (χ0v) is 20.1. The molecule has 8 heteroatoms. The summed E-state index contributed by atoms with van der Waals surface area (Å²) >= 11 is 0. The number of amides is 2. The number of nitrogens with zero attached hydrogens (tertiary/aromatic N) is 4. The normalized spacial score (nSPS) is 21.2. The van der Waals surface area contributed by atoms with E-state index in [0.717, 1.165) is 76.5 Å². The molecular weight excluding hydrogens is 420 g/mol. The fourth-order valence-corrected chi connectivity index (χ4v) is 4.95. The maximum Gasteiger partial charge on any atom is 0.277 e. The Bertz CT molecular complexity index is 871. The van der Waals surface area contributed by atoms with Crippen LogP contribution in [0.2, 0.25) is 0 Å². The van der Waals surface area contributed by atoms with E-state index >= 15 is 0 Å². The SMILES string of the molecule is COc1ccc(C2=C(N(C)C3CCN(C)CC3)C(=O)N(CCCN3CCOCC3)C2=O)cc1. The molecule has 33 heavy (non-hydrogen) atoms. The smallest absolute Gasteiger partial charge is 0.277 e. The van der Waals surface area contributed by atoms with E-state index in [0.29, 0.717) is 17.8 Å². The van der Waals surface area contributed by atoms with Crippen molar-refractivity contribution in [3.05, 3.63) is 35.5 Å². The van der Waals surface area contributed by atoms with Crippen molar-refractivity contribution in [2.24, 2.45) is 0 Å². The highest BCUT2D eigenvalue weighted by Gasteiger charge is 2.42. The second-order valence-corrected chi connectivity index (χ2v) is 9.17. The molecule has 0 spiro atoms. The minimum Gasteiger partial charge on any atom is -0.497 e. The lowest BCUT2D eigenvalue weighted by atomic mass is 10.00. The number of carbonyl (C=O) groups excluding carboxylic acids is 2. The molecule has 2 amide bonds. The molecule has 0 bridgehead atoms. The predicted molar refractivity (Wildman–Crippen MR) is 127 cm³/mol. The minimum atomic E-state index is -0.193. The van der Waals surface area contributed by atoms with Gasteiger partial charge in [-0.25, -0.2) is 0 Å². The summed E-state index contributed by atoms with van der Waals surface area (Å²) in [6.45, 7) is 6.57. The summed E-state index contributed by atoms with van der Waals surface area (Å²) in [5, 5.41) is 0. The molecule has 3 heterocycles. The van der Waals surface area contributed by atoms with Crippen LogP contribution in [-0.4, -0.2) is 111 Å². The Morgan fingerprint density at radius 3 is 2.30 bits per heavy atom. The van der Waals surface area contributed by atoms with Crippen molar-refractivity contribution >= 4 is 17.4 Å². The first-order chi connectivity index (χ1) is 16.0. The molecule has 0 N–H and O–H groups in total. The third kappa shape index (κ3) is 5.23. The van der Waals surface area contributed by atoms with Gasteiger partial charge in [-0.2, -0.15) is 0 Å². The third-order valence-electron chi connectivity index (χ3n) is 7.07. The van der Waals surface area contributed by atoms with Gasteiger partial charge < -0.3 is 19.3 Å². The van der Waals surface area contributed by atoms with E-state index in [1.807, 2.05) is 31.3 Å². The van der Waals surface area contributed by atoms with Crippen LogP contribution < -0.4 is 4.74 Å². The Labute approximate surface area is 196 Å². The van der Waals surface area contributed by atoms with E-state index < -0.39 is 0 Å². The quantitative estimate of drug-likeness (QED) is 0.550. The van der Waals surface area contributed by atoms with Crippen LogP contribution in [0.25, 0.3) is 5.57 Å². The first-order valence-corrected chi connectivity index (χ1v) is 12.0. The number of rotatable bonds is 8. The largest absolute Gasteiger partial charge is 0.497 e. The van der Waals surface area contributed by atoms with Crippen molar-refractivity contribution in [1.82, 2.24) is 19.6 Å². The van der Waals surface area contributed by atoms with Gasteiger partial charge in [-0.05, 0) is 57.1 Å². The first kappa shape index (κ1) is 23.7. The number of morpholine rings is 1. The molecule has 180 valence electrons. The van der Waals surface area contributed by atoms with Crippen LogP contribution in [0.1, 0.15) is 24.8 Å². The molecule has 2 saturated heterocycles. The Morgan fingerprint density at radius 2 is 1.67 bits per heavy atom. The van der Waals surface area contributed by atoms with Crippen molar-refractivity contribution in [3.8, 4) is 5.75 Å². The van der Waals surface area contributed by atoms with Crippen molar-refractivity contribution < 1.29 is 19.1 Å². The van der Waals surface area contributed by atoms with Crippen molar-refractivity contribution in [1.29, 1.82) is 0 Å². The first-order valence-electron chi connectivity index (χ1n) is 12.0. The molecule has 3 aliphatic heterocycles. The number of piperidine rings is 1. The zero-order valence-electron chi connectivity index (χ0n) is 20.1. The van der Waals surface area contributed by atoms with Gasteiger partial charge in [0, 0.05) is 39.3 Å². The molecule has 0 atom stereocenters. The van der Waals surface area contributed by atoms with Gasteiger partial charge in [0.25, 0.3) is 11.8 Å². The fourth-order valence-electron chi connectivity index (χ4n) is 4.95. The van der Waals surface area contributed by atoms with Crippen LogP contribution >= 0.6 is 0 Å². The maximum absolute atomic E-state index is 13.6. The topological polar surface area (TPSA) is 65.6 Å². The van der Waals surface area contributed by atoms with E-state index in [1.165, 1.54) is 4.90 Å². The van der Waals surface area contributed by atoms with Crippen molar-refractivity contribution in [2.75, 3.05) is 73.7 Å². The van der Waals surface area contributed by atoms with Gasteiger partial charge in [-0.3, -0.25) is 19.4 Å². The number of benzene rings is 1. The van der Waals surface area contributed by atoms with E-state index in [4.69, 9.17) is 9.47 Å². The van der Waals surface area contributed by atoms with Crippen LogP contribution in [0, 0.1) is 0 Å². The molecule has 8 nitrogen and oxygen atoms in total. The molecule has 0 unspecified atom stereocenters. The molecule has 0 aliphatic carbocycles. The van der Waals surface area contributed by atoms with Crippen LogP contribution in [0.5, 0.6) is 5.75 Å². The lowest BCUT2D eigenvalue weighted by molar-refractivity contribution is -0.137. The summed E-state index contributed by atoms with van der Waals surface area (Å²) in [5.41, 5.74) is 1.81. The second kappa shape index (κ2) is 10.7. The molecular formula is C25H36N4O4. The fraction of sp³-hybridized carbons (Fsp3) is 0.600. The number of ether oxygens (including phenoxy) is 2. The third-order valence-corrected chi connectivity index (χ3v) is 7.07. The Morgan fingerprint density at radius 1 is 1.00 bits per heavy atom. The zero-order chi connectivity index (χ0) is 23.4. The van der Waals surface area contributed by atoms with Gasteiger partial charge in [-0.1, -0.05) is 12.1 Å². The summed E-state index contributed by atoms with van der Waals surface area (Å²) in [4.78, 5) is 35.3. The molecule has 0 aromatic heterocycles. The van der Waals surface area contributed by atoms with Crippen LogP contribution in [-0.2, 0) is 14.3 Å². The number of likely N-dealkylation sites (N-methyl/N-ethyl adjacent to an activating group) is 1. The van der Waals surface area contributed by atoms with Crippen molar-refractivity contribution in [3.63, 3.8) is 0 Å². The summed E-state index contributed by atoms with van der Waals surface area (Å²) in [6, 6.07) is 7.68. The van der Waals surface area contributed by atoms with Gasteiger partial charge in [-0.15, -0.1) is 0 Å². The summed E-state index contributed by atoms with van der Waals surface area (Å²) in [6.07, 6.45) is 2.72. The molecule has 1 aromatic rings. The molecule has 2 fully saturated rings. The molecule has 1 aromatic carbocycles. The highest BCUT2D eigenvalue weighted by molar-refractivity contribution is 6.35. The van der Waals surface area contributed by atoms with Gasteiger partial charge in [0.1, 0.15) is 11.4 Å². The number of imide groups is 1. The highest BCUT2D eigenvalue weighted by atomic mass is 16.5. The monoisotopic (exact) mass is 456 g/mol. The summed E-state index contributed by atoms with van der Waals surface area (Å²) < 4.78 is 10.7. The Balaban J connectivity index is 1.55. The Hall–Kier alpha value is -2.42. The van der Waals surface area contributed by atoms with Gasteiger partial charge in [0.15, 0.2) is 0 Å². The summed E-state index contributed by atoms with van der Waals surface area (Å²) in [5.74, 6) is 0.361.